The quantitative estimate of drug-likeness (QED) is 0.556. The van der Waals surface area contributed by atoms with Crippen molar-refractivity contribution >= 4 is 5.69 Å². The van der Waals surface area contributed by atoms with Crippen molar-refractivity contribution in [3.63, 3.8) is 0 Å². The number of aryl methyl sites for hydroxylation is 2. The highest BCUT2D eigenvalue weighted by atomic mass is 16.3. The second-order valence-corrected chi connectivity index (χ2v) is 4.59. The third kappa shape index (κ3) is 2.37. The van der Waals surface area contributed by atoms with Crippen LogP contribution in [0, 0.1) is 31.6 Å². The molecule has 1 saturated carbocycles. The number of aliphatic hydroxyl groups excluding tert-OH is 1. The van der Waals surface area contributed by atoms with Crippen LogP contribution in [0.15, 0.2) is 12.1 Å². The topological polar surface area (TPSA) is 46.2 Å². The number of nitrogen functional groups attached to an aromatic ring is 1. The van der Waals surface area contributed by atoms with E-state index in [0.29, 0.717) is 5.92 Å². The van der Waals surface area contributed by atoms with Crippen LogP contribution in [0.4, 0.5) is 5.69 Å². The molecule has 0 radical (unpaired) electrons. The zero-order valence-electron chi connectivity index (χ0n) is 9.75. The normalized spacial score (nSPS) is 16.4. The molecule has 2 nitrogen and oxygen atoms in total. The summed E-state index contributed by atoms with van der Waals surface area (Å²) in [4.78, 5) is 0. The number of benzene rings is 1. The molecule has 0 saturated heterocycles. The Bertz CT molecular complexity index is 464. The molecule has 1 aromatic rings. The first-order valence-electron chi connectivity index (χ1n) is 5.64. The fourth-order valence-corrected chi connectivity index (χ4v) is 1.76. The lowest BCUT2D eigenvalue weighted by molar-refractivity contribution is 0.209. The number of anilines is 1. The predicted octanol–water partition coefficient (Wildman–Crippen LogP) is 2.01. The summed E-state index contributed by atoms with van der Waals surface area (Å²) in [5, 5.41) is 9.67. The summed E-state index contributed by atoms with van der Waals surface area (Å²) in [5.41, 5.74) is 9.70. The molecule has 1 unspecified atom stereocenters. The summed E-state index contributed by atoms with van der Waals surface area (Å²) in [6.45, 7) is 4.00. The summed E-state index contributed by atoms with van der Waals surface area (Å²) in [6.07, 6.45) is 1.70. The van der Waals surface area contributed by atoms with Gasteiger partial charge in [-0.1, -0.05) is 17.9 Å². The molecule has 1 aromatic carbocycles. The first-order chi connectivity index (χ1) is 7.58. The van der Waals surface area contributed by atoms with Gasteiger partial charge in [0.25, 0.3) is 0 Å². The maximum atomic E-state index is 9.67. The van der Waals surface area contributed by atoms with E-state index in [2.05, 4.69) is 11.8 Å². The van der Waals surface area contributed by atoms with Gasteiger partial charge in [-0.05, 0) is 49.8 Å². The van der Waals surface area contributed by atoms with Crippen molar-refractivity contribution in [3.8, 4) is 11.8 Å². The minimum absolute atomic E-state index is 0.389. The van der Waals surface area contributed by atoms with Crippen molar-refractivity contribution in [2.75, 3.05) is 5.73 Å². The molecule has 2 heteroatoms. The van der Waals surface area contributed by atoms with Gasteiger partial charge in [0.15, 0.2) is 0 Å². The molecule has 0 heterocycles. The molecule has 2 rings (SSSR count). The summed E-state index contributed by atoms with van der Waals surface area (Å²) in [7, 11) is 0. The van der Waals surface area contributed by atoms with Gasteiger partial charge < -0.3 is 10.8 Å². The Kier molecular flexibility index (Phi) is 2.89. The zero-order valence-corrected chi connectivity index (χ0v) is 9.75. The lowest BCUT2D eigenvalue weighted by Gasteiger charge is -2.05. The number of nitrogens with two attached hydrogens (primary N) is 1. The Labute approximate surface area is 96.5 Å². The van der Waals surface area contributed by atoms with Crippen molar-refractivity contribution in [1.82, 2.24) is 0 Å². The second-order valence-electron chi connectivity index (χ2n) is 4.59. The van der Waals surface area contributed by atoms with Crippen LogP contribution in [-0.2, 0) is 0 Å². The fourth-order valence-electron chi connectivity index (χ4n) is 1.76. The summed E-state index contributed by atoms with van der Waals surface area (Å²) in [5.74, 6) is 6.26. The third-order valence-electron chi connectivity index (χ3n) is 2.95. The highest BCUT2D eigenvalue weighted by molar-refractivity contribution is 5.61. The van der Waals surface area contributed by atoms with Crippen LogP contribution >= 0.6 is 0 Å². The van der Waals surface area contributed by atoms with Gasteiger partial charge in [-0.15, -0.1) is 0 Å². The van der Waals surface area contributed by atoms with E-state index in [1.807, 2.05) is 26.0 Å². The van der Waals surface area contributed by atoms with Crippen molar-refractivity contribution in [3.05, 3.63) is 28.8 Å². The van der Waals surface area contributed by atoms with E-state index in [0.717, 1.165) is 35.2 Å². The molecule has 84 valence electrons. The van der Waals surface area contributed by atoms with Crippen LogP contribution < -0.4 is 5.73 Å². The maximum Gasteiger partial charge on any atom is 0.117 e. The van der Waals surface area contributed by atoms with Crippen LogP contribution in [-0.4, -0.2) is 11.2 Å². The monoisotopic (exact) mass is 215 g/mol. The standard InChI is InChI=1S/C14H17NO/c1-9-7-10(2)14(15)12(8-9)5-6-13(16)11-3-4-11/h7-8,11,13,16H,3-4,15H2,1-2H3. The highest BCUT2D eigenvalue weighted by Crippen LogP contribution is 2.32. The Hall–Kier alpha value is -1.46. The van der Waals surface area contributed by atoms with E-state index in [9.17, 15) is 5.11 Å². The van der Waals surface area contributed by atoms with E-state index in [4.69, 9.17) is 5.73 Å². The Balaban J connectivity index is 2.25. The van der Waals surface area contributed by atoms with Gasteiger partial charge in [0.05, 0.1) is 5.69 Å². The number of rotatable bonds is 1. The van der Waals surface area contributed by atoms with E-state index in [1.165, 1.54) is 0 Å². The molecule has 0 aliphatic heterocycles. The Morgan fingerprint density at radius 2 is 2.06 bits per heavy atom. The van der Waals surface area contributed by atoms with Crippen molar-refractivity contribution in [2.24, 2.45) is 5.92 Å². The van der Waals surface area contributed by atoms with E-state index >= 15 is 0 Å². The maximum absolute atomic E-state index is 9.67. The van der Waals surface area contributed by atoms with Crippen molar-refractivity contribution in [1.29, 1.82) is 0 Å². The van der Waals surface area contributed by atoms with Gasteiger partial charge in [0, 0.05) is 5.56 Å². The van der Waals surface area contributed by atoms with Crippen LogP contribution in [0.5, 0.6) is 0 Å². The van der Waals surface area contributed by atoms with Gasteiger partial charge in [0.2, 0.25) is 0 Å². The third-order valence-corrected chi connectivity index (χ3v) is 2.95. The molecular formula is C14H17NO. The van der Waals surface area contributed by atoms with Crippen LogP contribution in [0.1, 0.15) is 29.5 Å². The molecule has 1 aliphatic rings. The summed E-state index contributed by atoms with van der Waals surface area (Å²) in [6, 6.07) is 4.01. The molecule has 0 bridgehead atoms. The molecular weight excluding hydrogens is 198 g/mol. The van der Waals surface area contributed by atoms with Gasteiger partial charge in [-0.2, -0.15) is 0 Å². The molecule has 0 aromatic heterocycles. The van der Waals surface area contributed by atoms with Crippen LogP contribution in [0.25, 0.3) is 0 Å². The average molecular weight is 215 g/mol. The number of hydrogen-bond acceptors (Lipinski definition) is 2. The first kappa shape index (κ1) is 11.0. The molecule has 0 amide bonds. The molecule has 0 spiro atoms. The number of aliphatic hydroxyl groups is 1. The number of hydrogen-bond donors (Lipinski definition) is 2. The molecule has 1 aliphatic carbocycles. The Morgan fingerprint density at radius 3 is 2.69 bits per heavy atom. The van der Waals surface area contributed by atoms with Crippen LogP contribution in [0.3, 0.4) is 0 Å². The fraction of sp³-hybridized carbons (Fsp3) is 0.429. The molecule has 3 N–H and O–H groups in total. The van der Waals surface area contributed by atoms with Gasteiger partial charge >= 0.3 is 0 Å². The Morgan fingerprint density at radius 1 is 1.38 bits per heavy atom. The van der Waals surface area contributed by atoms with Crippen molar-refractivity contribution < 1.29 is 5.11 Å². The summed E-state index contributed by atoms with van der Waals surface area (Å²) < 4.78 is 0. The minimum Gasteiger partial charge on any atom is -0.398 e. The minimum atomic E-state index is -0.486. The first-order valence-corrected chi connectivity index (χ1v) is 5.64. The smallest absolute Gasteiger partial charge is 0.117 e. The summed E-state index contributed by atoms with van der Waals surface area (Å²) >= 11 is 0. The lowest BCUT2D eigenvalue weighted by atomic mass is 10.0. The SMILES string of the molecule is Cc1cc(C)c(N)c(C#CC(O)C2CC2)c1. The van der Waals surface area contributed by atoms with E-state index in [-0.39, 0.29) is 0 Å². The average Bonchev–Trinajstić information content (AvgIpc) is 3.04. The highest BCUT2D eigenvalue weighted by Gasteiger charge is 2.28. The predicted molar refractivity (Wildman–Crippen MR) is 65.9 cm³/mol. The van der Waals surface area contributed by atoms with Gasteiger partial charge in [-0.25, -0.2) is 0 Å². The van der Waals surface area contributed by atoms with E-state index in [1.54, 1.807) is 0 Å². The van der Waals surface area contributed by atoms with Crippen molar-refractivity contribution in [2.45, 2.75) is 32.8 Å². The molecule has 16 heavy (non-hydrogen) atoms. The molecule has 1 atom stereocenters. The zero-order chi connectivity index (χ0) is 11.7. The van der Waals surface area contributed by atoms with Gasteiger partial charge in [-0.3, -0.25) is 0 Å². The second kappa shape index (κ2) is 4.19. The lowest BCUT2D eigenvalue weighted by Crippen LogP contribution is -2.05. The van der Waals surface area contributed by atoms with Gasteiger partial charge in [0.1, 0.15) is 6.10 Å². The van der Waals surface area contributed by atoms with E-state index < -0.39 is 6.10 Å². The largest absolute Gasteiger partial charge is 0.398 e. The molecule has 1 fully saturated rings. The van der Waals surface area contributed by atoms with Crippen LogP contribution in [0.2, 0.25) is 0 Å².